The van der Waals surface area contributed by atoms with Crippen LogP contribution in [0, 0.1) is 20.8 Å². The zero-order valence-electron chi connectivity index (χ0n) is 17.2. The van der Waals surface area contributed by atoms with Crippen LogP contribution in [0.25, 0.3) is 0 Å². The second-order valence-electron chi connectivity index (χ2n) is 7.42. The first-order chi connectivity index (χ1) is 11.9. The van der Waals surface area contributed by atoms with Gasteiger partial charge in [0.05, 0.1) is 25.7 Å². The Bertz CT molecular complexity index is 501. The molecule has 4 nitrogen and oxygen atoms in total. The lowest BCUT2D eigenvalue weighted by Gasteiger charge is -2.18. The average Bonchev–Trinajstić information content (AvgIpc) is 2.60. The van der Waals surface area contributed by atoms with Gasteiger partial charge in [-0.3, -0.25) is 0 Å². The molecule has 1 aromatic carbocycles. The van der Waals surface area contributed by atoms with Crippen molar-refractivity contribution < 1.29 is 20.1 Å². The second-order valence-corrected chi connectivity index (χ2v) is 7.42. The Hall–Kier alpha value is -1.10. The number of aliphatic hydroxyl groups excluding tert-OH is 1. The number of benzene rings is 1. The van der Waals surface area contributed by atoms with Crippen LogP contribution in [-0.2, 0) is 0 Å². The van der Waals surface area contributed by atoms with Crippen LogP contribution in [0.3, 0.4) is 0 Å². The first-order valence-corrected chi connectivity index (χ1v) is 9.93. The summed E-state index contributed by atoms with van der Waals surface area (Å²) in [4.78, 5) is 1.67. The molecule has 0 amide bonds. The number of aryl methyl sites for hydroxylation is 2. The molecule has 0 spiro atoms. The fraction of sp³-hybridized carbons (Fsp3) is 0.714. The van der Waals surface area contributed by atoms with E-state index in [4.69, 9.17) is 4.74 Å². The predicted octanol–water partition coefficient (Wildman–Crippen LogP) is 1.01. The molecule has 0 unspecified atom stereocenters. The van der Waals surface area contributed by atoms with Crippen molar-refractivity contribution in [3.05, 3.63) is 28.8 Å². The van der Waals surface area contributed by atoms with E-state index < -0.39 is 6.10 Å². The molecule has 0 aliphatic rings. The Morgan fingerprint density at radius 1 is 1.12 bits per heavy atom. The minimum absolute atomic E-state index is 0.359. The van der Waals surface area contributed by atoms with Gasteiger partial charge in [-0.1, -0.05) is 12.1 Å². The Morgan fingerprint density at radius 3 is 2.40 bits per heavy atom. The van der Waals surface area contributed by atoms with Gasteiger partial charge in [0.25, 0.3) is 0 Å². The Morgan fingerprint density at radius 2 is 1.76 bits per heavy atom. The number of hydrogen-bond donors (Lipinski definition) is 3. The van der Waals surface area contributed by atoms with Crippen molar-refractivity contribution in [2.75, 3.05) is 32.8 Å². The molecule has 0 heterocycles. The van der Waals surface area contributed by atoms with Crippen molar-refractivity contribution in [1.82, 2.24) is 0 Å². The van der Waals surface area contributed by atoms with Gasteiger partial charge < -0.3 is 20.1 Å². The summed E-state index contributed by atoms with van der Waals surface area (Å²) in [6.45, 7) is 17.7. The van der Waals surface area contributed by atoms with E-state index in [-0.39, 0.29) is 0 Å². The van der Waals surface area contributed by atoms with Crippen molar-refractivity contribution in [2.45, 2.75) is 66.5 Å². The molecule has 1 rings (SSSR count). The summed E-state index contributed by atoms with van der Waals surface area (Å²) in [5.41, 5.74) is 3.53. The highest BCUT2D eigenvalue weighted by Gasteiger charge is 2.14. The van der Waals surface area contributed by atoms with Gasteiger partial charge in [0.15, 0.2) is 0 Å². The third-order valence-electron chi connectivity index (χ3n) is 5.29. The van der Waals surface area contributed by atoms with Crippen LogP contribution in [-0.4, -0.2) is 50.0 Å². The zero-order valence-corrected chi connectivity index (χ0v) is 17.2. The molecule has 1 aromatic rings. The van der Waals surface area contributed by atoms with E-state index in [0.29, 0.717) is 19.2 Å². The van der Waals surface area contributed by atoms with Crippen LogP contribution < -0.4 is 15.0 Å². The maximum absolute atomic E-state index is 10.2. The summed E-state index contributed by atoms with van der Waals surface area (Å²) >= 11 is 0. The first-order valence-electron chi connectivity index (χ1n) is 9.93. The lowest BCUT2D eigenvalue weighted by atomic mass is 10.1. The number of aliphatic hydroxyl groups is 1. The molecule has 4 N–H and O–H groups in total. The highest BCUT2D eigenvalue weighted by Crippen LogP contribution is 2.25. The molecule has 25 heavy (non-hydrogen) atoms. The third-order valence-corrected chi connectivity index (χ3v) is 5.29. The van der Waals surface area contributed by atoms with Gasteiger partial charge in [0, 0.05) is 12.8 Å². The maximum Gasteiger partial charge on any atom is 0.137 e. The largest absolute Gasteiger partial charge is 0.490 e. The van der Waals surface area contributed by atoms with Gasteiger partial charge in [-0.25, -0.2) is 0 Å². The molecular weight excluding hydrogens is 312 g/mol. The van der Waals surface area contributed by atoms with E-state index in [1.807, 2.05) is 0 Å². The molecule has 0 aliphatic heterocycles. The number of rotatable bonds is 12. The summed E-state index contributed by atoms with van der Waals surface area (Å²) in [6.07, 6.45) is 2.02. The van der Waals surface area contributed by atoms with Gasteiger partial charge >= 0.3 is 0 Å². The van der Waals surface area contributed by atoms with Crippen LogP contribution in [0.15, 0.2) is 12.1 Å². The van der Waals surface area contributed by atoms with Crippen molar-refractivity contribution in [3.63, 3.8) is 0 Å². The molecule has 0 saturated carbocycles. The minimum Gasteiger partial charge on any atom is -0.490 e. The molecule has 0 saturated heterocycles. The highest BCUT2D eigenvalue weighted by atomic mass is 16.5. The van der Waals surface area contributed by atoms with E-state index >= 15 is 0 Å². The van der Waals surface area contributed by atoms with Crippen molar-refractivity contribution >= 4 is 0 Å². The van der Waals surface area contributed by atoms with E-state index in [9.17, 15) is 5.11 Å². The lowest BCUT2D eigenvalue weighted by Crippen LogP contribution is -3.11. The number of nitrogens with two attached hydrogens (primary N) is 1. The van der Waals surface area contributed by atoms with Crippen molar-refractivity contribution in [3.8, 4) is 5.75 Å². The number of ether oxygens (including phenoxy) is 1. The highest BCUT2D eigenvalue weighted by molar-refractivity contribution is 5.44. The number of nitrogens with one attached hydrogen (secondary N) is 1. The topological polar surface area (TPSA) is 50.5 Å². The fourth-order valence-corrected chi connectivity index (χ4v) is 3.18. The van der Waals surface area contributed by atoms with Crippen molar-refractivity contribution in [1.29, 1.82) is 0 Å². The molecule has 0 aliphatic carbocycles. The predicted molar refractivity (Wildman–Crippen MR) is 105 cm³/mol. The summed E-state index contributed by atoms with van der Waals surface area (Å²) in [5, 5.41) is 12.5. The monoisotopic (exact) mass is 352 g/mol. The third kappa shape index (κ3) is 7.76. The molecule has 0 fully saturated rings. The molecule has 2 atom stereocenters. The number of hydrogen-bond acceptors (Lipinski definition) is 2. The first kappa shape index (κ1) is 21.9. The maximum atomic E-state index is 10.2. The quantitative estimate of drug-likeness (QED) is 0.526. The lowest BCUT2D eigenvalue weighted by molar-refractivity contribution is -0.896. The Kier molecular flexibility index (Phi) is 10.1. The summed E-state index contributed by atoms with van der Waals surface area (Å²) in [6, 6.07) is 4.74. The number of quaternary nitrogens is 2. The van der Waals surface area contributed by atoms with Crippen molar-refractivity contribution in [2.24, 2.45) is 0 Å². The van der Waals surface area contributed by atoms with Crippen LogP contribution >= 0.6 is 0 Å². The summed E-state index contributed by atoms with van der Waals surface area (Å²) in [5.74, 6) is 0.925. The summed E-state index contributed by atoms with van der Waals surface area (Å²) < 4.78 is 5.91. The SMILES string of the molecule is CC[NH+](CC)CCC[C@@H](C)[NH2+]C[C@H](O)COc1c(C)ccc(C)c1C. The van der Waals surface area contributed by atoms with Gasteiger partial charge in [0.1, 0.15) is 25.0 Å². The molecule has 0 bridgehead atoms. The minimum atomic E-state index is -0.435. The molecule has 0 aromatic heterocycles. The zero-order chi connectivity index (χ0) is 18.8. The van der Waals surface area contributed by atoms with Crippen LogP contribution in [0.2, 0.25) is 0 Å². The molecule has 144 valence electrons. The van der Waals surface area contributed by atoms with Crippen LogP contribution in [0.1, 0.15) is 50.3 Å². The average molecular weight is 353 g/mol. The Labute approximate surface area is 154 Å². The molecular formula is C21H40N2O2+2. The van der Waals surface area contributed by atoms with Gasteiger partial charge in [-0.05, 0) is 58.2 Å². The van der Waals surface area contributed by atoms with Crippen LogP contribution in [0.5, 0.6) is 5.75 Å². The Balaban J connectivity index is 2.29. The smallest absolute Gasteiger partial charge is 0.137 e. The van der Waals surface area contributed by atoms with Crippen LogP contribution in [0.4, 0.5) is 0 Å². The second kappa shape index (κ2) is 11.5. The van der Waals surface area contributed by atoms with Gasteiger partial charge in [-0.2, -0.15) is 0 Å². The van der Waals surface area contributed by atoms with E-state index in [0.717, 1.165) is 11.3 Å². The van der Waals surface area contributed by atoms with Gasteiger partial charge in [-0.15, -0.1) is 0 Å². The standard InChI is InChI=1S/C21H38N2O2/c1-7-23(8-2)13-9-10-18(5)22-14-20(24)15-25-21-17(4)12-11-16(3)19(21)6/h11-12,18,20,22,24H,7-10,13-15H2,1-6H3/p+2/t18-,20+/m1/s1. The van der Waals surface area contributed by atoms with Gasteiger partial charge in [0.2, 0.25) is 0 Å². The normalized spacial score (nSPS) is 13.9. The molecule has 4 heteroatoms. The fourth-order valence-electron chi connectivity index (χ4n) is 3.18. The van der Waals surface area contributed by atoms with E-state index in [1.165, 1.54) is 43.6 Å². The summed E-state index contributed by atoms with van der Waals surface area (Å²) in [7, 11) is 0. The molecule has 0 radical (unpaired) electrons. The van der Waals surface area contributed by atoms with E-state index in [1.54, 1.807) is 4.90 Å². The van der Waals surface area contributed by atoms with E-state index in [2.05, 4.69) is 59.0 Å².